The lowest BCUT2D eigenvalue weighted by atomic mass is 10.1. The number of H-pyrrole nitrogens is 1. The minimum Gasteiger partial charge on any atom is -0.496 e. The van der Waals surface area contributed by atoms with Crippen molar-refractivity contribution in [3.05, 3.63) is 60.0 Å². The normalized spacial score (nSPS) is 12.3. The monoisotopic (exact) mass is 284 g/mol. The predicted octanol–water partition coefficient (Wildman–Crippen LogP) is 4.49. The SMILES string of the molecule is COc1cccc(F)c1C(C)Nc1ccc2[nH]ccc2c1. The number of methoxy groups -OCH3 is 1. The molecule has 0 spiro atoms. The van der Waals surface area contributed by atoms with Crippen molar-refractivity contribution in [3.8, 4) is 5.75 Å². The maximum absolute atomic E-state index is 14.1. The Morgan fingerprint density at radius 2 is 2.05 bits per heavy atom. The van der Waals surface area contributed by atoms with Gasteiger partial charge in [-0.25, -0.2) is 4.39 Å². The third kappa shape index (κ3) is 2.57. The van der Waals surface area contributed by atoms with E-state index in [9.17, 15) is 4.39 Å². The number of nitrogens with one attached hydrogen (secondary N) is 2. The molecule has 0 bridgehead atoms. The first kappa shape index (κ1) is 13.5. The number of hydrogen-bond acceptors (Lipinski definition) is 2. The minimum atomic E-state index is -0.267. The number of hydrogen-bond donors (Lipinski definition) is 2. The molecule has 1 unspecified atom stereocenters. The summed E-state index contributed by atoms with van der Waals surface area (Å²) in [4.78, 5) is 3.15. The molecule has 2 aromatic carbocycles. The van der Waals surface area contributed by atoms with E-state index in [-0.39, 0.29) is 11.9 Å². The van der Waals surface area contributed by atoms with Crippen LogP contribution < -0.4 is 10.1 Å². The van der Waals surface area contributed by atoms with Crippen molar-refractivity contribution in [1.29, 1.82) is 0 Å². The van der Waals surface area contributed by atoms with Crippen molar-refractivity contribution in [1.82, 2.24) is 4.98 Å². The fourth-order valence-corrected chi connectivity index (χ4v) is 2.58. The quantitative estimate of drug-likeness (QED) is 0.740. The van der Waals surface area contributed by atoms with Gasteiger partial charge in [0.2, 0.25) is 0 Å². The zero-order chi connectivity index (χ0) is 14.8. The van der Waals surface area contributed by atoms with Gasteiger partial charge >= 0.3 is 0 Å². The predicted molar refractivity (Wildman–Crippen MR) is 83.3 cm³/mol. The number of benzene rings is 2. The largest absolute Gasteiger partial charge is 0.496 e. The molecule has 3 aromatic rings. The first-order chi connectivity index (χ1) is 10.2. The Hall–Kier alpha value is -2.49. The highest BCUT2D eigenvalue weighted by atomic mass is 19.1. The van der Waals surface area contributed by atoms with Crippen LogP contribution in [0.25, 0.3) is 10.9 Å². The van der Waals surface area contributed by atoms with Crippen LogP contribution in [-0.4, -0.2) is 12.1 Å². The second kappa shape index (κ2) is 5.48. The Morgan fingerprint density at radius 1 is 1.19 bits per heavy atom. The van der Waals surface area contributed by atoms with Crippen LogP contribution in [-0.2, 0) is 0 Å². The zero-order valence-corrected chi connectivity index (χ0v) is 12.0. The molecular weight excluding hydrogens is 267 g/mol. The van der Waals surface area contributed by atoms with Crippen LogP contribution in [0.4, 0.5) is 10.1 Å². The van der Waals surface area contributed by atoms with E-state index in [0.717, 1.165) is 16.6 Å². The molecule has 3 rings (SSSR count). The van der Waals surface area contributed by atoms with Crippen LogP contribution in [0.2, 0.25) is 0 Å². The van der Waals surface area contributed by atoms with E-state index in [1.54, 1.807) is 19.2 Å². The molecular formula is C17H17FN2O. The van der Waals surface area contributed by atoms with Crippen LogP contribution in [0, 0.1) is 5.82 Å². The van der Waals surface area contributed by atoms with Gasteiger partial charge in [0.1, 0.15) is 11.6 Å². The van der Waals surface area contributed by atoms with Crippen molar-refractivity contribution >= 4 is 16.6 Å². The van der Waals surface area contributed by atoms with E-state index in [4.69, 9.17) is 4.74 Å². The Morgan fingerprint density at radius 3 is 2.86 bits per heavy atom. The average Bonchev–Trinajstić information content (AvgIpc) is 2.94. The Bertz CT molecular complexity index is 766. The molecule has 3 nitrogen and oxygen atoms in total. The number of fused-ring (bicyclic) bond motifs is 1. The first-order valence-corrected chi connectivity index (χ1v) is 6.85. The second-order valence-electron chi connectivity index (χ2n) is 5.00. The summed E-state index contributed by atoms with van der Waals surface area (Å²) < 4.78 is 19.3. The standard InChI is InChI=1S/C17H17FN2O/c1-11(17-14(18)4-3-5-16(17)21-2)20-13-6-7-15-12(10-13)8-9-19-15/h3-11,19-20H,1-2H3. The third-order valence-corrected chi connectivity index (χ3v) is 3.60. The van der Waals surface area contributed by atoms with Gasteiger partial charge < -0.3 is 15.0 Å². The van der Waals surface area contributed by atoms with Crippen molar-refractivity contribution in [2.45, 2.75) is 13.0 Å². The highest BCUT2D eigenvalue weighted by Crippen LogP contribution is 2.30. The lowest BCUT2D eigenvalue weighted by molar-refractivity contribution is 0.402. The van der Waals surface area contributed by atoms with Gasteiger partial charge in [-0.2, -0.15) is 0 Å². The second-order valence-corrected chi connectivity index (χ2v) is 5.00. The van der Waals surface area contributed by atoms with Crippen molar-refractivity contribution < 1.29 is 9.13 Å². The third-order valence-electron chi connectivity index (χ3n) is 3.60. The molecule has 0 amide bonds. The molecule has 1 heterocycles. The van der Waals surface area contributed by atoms with Crippen LogP contribution >= 0.6 is 0 Å². The summed E-state index contributed by atoms with van der Waals surface area (Å²) in [6, 6.07) is 12.7. The molecule has 21 heavy (non-hydrogen) atoms. The first-order valence-electron chi connectivity index (χ1n) is 6.85. The van der Waals surface area contributed by atoms with Crippen LogP contribution in [0.3, 0.4) is 0 Å². The summed E-state index contributed by atoms with van der Waals surface area (Å²) >= 11 is 0. The fourth-order valence-electron chi connectivity index (χ4n) is 2.58. The molecule has 108 valence electrons. The Balaban J connectivity index is 1.90. The number of halogens is 1. The number of aromatic nitrogens is 1. The van der Waals surface area contributed by atoms with E-state index in [1.165, 1.54) is 6.07 Å². The molecule has 0 saturated heterocycles. The van der Waals surface area contributed by atoms with Crippen LogP contribution in [0.1, 0.15) is 18.5 Å². The fraction of sp³-hybridized carbons (Fsp3) is 0.176. The molecule has 0 fully saturated rings. The number of rotatable bonds is 4. The number of anilines is 1. The molecule has 4 heteroatoms. The molecule has 0 aliphatic rings. The smallest absolute Gasteiger partial charge is 0.132 e. The van der Waals surface area contributed by atoms with Gasteiger partial charge in [-0.3, -0.25) is 0 Å². The van der Waals surface area contributed by atoms with Gasteiger partial charge in [0.25, 0.3) is 0 Å². The van der Waals surface area contributed by atoms with Gasteiger partial charge in [-0.1, -0.05) is 6.07 Å². The van der Waals surface area contributed by atoms with Gasteiger partial charge in [0, 0.05) is 22.8 Å². The van der Waals surface area contributed by atoms with Gasteiger partial charge in [-0.15, -0.1) is 0 Å². The topological polar surface area (TPSA) is 37.0 Å². The molecule has 2 N–H and O–H groups in total. The molecule has 1 aromatic heterocycles. The summed E-state index contributed by atoms with van der Waals surface area (Å²) in [5, 5.41) is 4.44. The molecule has 1 atom stereocenters. The number of ether oxygens (including phenoxy) is 1. The maximum Gasteiger partial charge on any atom is 0.132 e. The summed E-state index contributed by atoms with van der Waals surface area (Å²) in [7, 11) is 1.55. The lowest BCUT2D eigenvalue weighted by Crippen LogP contribution is -2.10. The summed E-state index contributed by atoms with van der Waals surface area (Å²) in [6.45, 7) is 1.92. The highest BCUT2D eigenvalue weighted by Gasteiger charge is 2.16. The average molecular weight is 284 g/mol. The summed E-state index contributed by atoms with van der Waals surface area (Å²) in [6.07, 6.45) is 1.90. The summed E-state index contributed by atoms with van der Waals surface area (Å²) in [5.41, 5.74) is 2.56. The van der Waals surface area contributed by atoms with Crippen molar-refractivity contribution in [2.24, 2.45) is 0 Å². The Labute approximate surface area is 122 Å². The van der Waals surface area contributed by atoms with E-state index in [0.29, 0.717) is 11.3 Å². The highest BCUT2D eigenvalue weighted by molar-refractivity contribution is 5.83. The minimum absolute atomic E-state index is 0.197. The molecule has 0 aliphatic heterocycles. The van der Waals surface area contributed by atoms with Crippen molar-refractivity contribution in [3.63, 3.8) is 0 Å². The van der Waals surface area contributed by atoms with E-state index in [2.05, 4.69) is 10.3 Å². The molecule has 0 radical (unpaired) electrons. The van der Waals surface area contributed by atoms with E-state index >= 15 is 0 Å². The summed E-state index contributed by atoms with van der Waals surface area (Å²) in [5.74, 6) is 0.287. The van der Waals surface area contributed by atoms with E-state index in [1.807, 2.05) is 37.4 Å². The molecule has 0 aliphatic carbocycles. The zero-order valence-electron chi connectivity index (χ0n) is 12.0. The molecule has 0 saturated carbocycles. The van der Waals surface area contributed by atoms with E-state index < -0.39 is 0 Å². The van der Waals surface area contributed by atoms with Crippen molar-refractivity contribution in [2.75, 3.05) is 12.4 Å². The van der Waals surface area contributed by atoms with Gasteiger partial charge in [0.05, 0.1) is 18.7 Å². The lowest BCUT2D eigenvalue weighted by Gasteiger charge is -2.19. The Kier molecular flexibility index (Phi) is 3.52. The van der Waals surface area contributed by atoms with Gasteiger partial charge in [0.15, 0.2) is 0 Å². The van der Waals surface area contributed by atoms with Crippen LogP contribution in [0.15, 0.2) is 48.7 Å². The number of aromatic amines is 1. The van der Waals surface area contributed by atoms with Crippen LogP contribution in [0.5, 0.6) is 5.75 Å². The van der Waals surface area contributed by atoms with Gasteiger partial charge in [-0.05, 0) is 43.3 Å². The maximum atomic E-state index is 14.1.